The van der Waals surface area contributed by atoms with Crippen LogP contribution in [0, 0.1) is 29.6 Å². The first-order valence-corrected chi connectivity index (χ1v) is 13.3. The molecule has 2 saturated carbocycles. The van der Waals surface area contributed by atoms with Crippen molar-refractivity contribution in [2.75, 3.05) is 13.1 Å². The first-order valence-electron chi connectivity index (χ1n) is 13.3. The third-order valence-electron chi connectivity index (χ3n) is 8.53. The maximum absolute atomic E-state index is 3.88. The van der Waals surface area contributed by atoms with Crippen molar-refractivity contribution in [3.8, 4) is 0 Å². The average molecular weight is 391 g/mol. The van der Waals surface area contributed by atoms with Crippen molar-refractivity contribution >= 4 is 0 Å². The highest BCUT2D eigenvalue weighted by Crippen LogP contribution is 2.42. The molecular weight excluding hydrogens is 340 g/mol. The molecule has 2 aliphatic carbocycles. The Morgan fingerprint density at radius 2 is 1.00 bits per heavy atom. The molecule has 164 valence electrons. The van der Waals surface area contributed by atoms with E-state index in [0.29, 0.717) is 6.17 Å². The van der Waals surface area contributed by atoms with Crippen LogP contribution in [-0.2, 0) is 0 Å². The lowest BCUT2D eigenvalue weighted by atomic mass is 9.68. The minimum Gasteiger partial charge on any atom is -0.301 e. The van der Waals surface area contributed by atoms with Crippen LogP contribution in [0.1, 0.15) is 117 Å². The molecule has 2 heteroatoms. The molecule has 2 N–H and O–H groups in total. The van der Waals surface area contributed by atoms with E-state index in [-0.39, 0.29) is 0 Å². The predicted octanol–water partition coefficient (Wildman–Crippen LogP) is 6.89. The van der Waals surface area contributed by atoms with Gasteiger partial charge in [0.2, 0.25) is 0 Å². The van der Waals surface area contributed by atoms with Crippen molar-refractivity contribution < 1.29 is 0 Å². The second-order valence-corrected chi connectivity index (χ2v) is 10.6. The molecule has 0 aromatic heterocycles. The molecule has 1 aliphatic heterocycles. The summed E-state index contributed by atoms with van der Waals surface area (Å²) >= 11 is 0. The highest BCUT2D eigenvalue weighted by Gasteiger charge is 2.34. The van der Waals surface area contributed by atoms with Gasteiger partial charge in [0.05, 0.1) is 6.17 Å². The summed E-state index contributed by atoms with van der Waals surface area (Å²) in [6.45, 7) is 7.15. The average Bonchev–Trinajstić information content (AvgIpc) is 2.75. The largest absolute Gasteiger partial charge is 0.301 e. The Balaban J connectivity index is 1.29. The number of hydrogen-bond acceptors (Lipinski definition) is 2. The van der Waals surface area contributed by atoms with Crippen LogP contribution >= 0.6 is 0 Å². The highest BCUT2D eigenvalue weighted by atomic mass is 15.2. The topological polar surface area (TPSA) is 24.1 Å². The van der Waals surface area contributed by atoms with Gasteiger partial charge in [-0.1, -0.05) is 71.6 Å². The molecule has 3 aliphatic rings. The minimum absolute atomic E-state index is 0.609. The fraction of sp³-hybridized carbons (Fsp3) is 1.00. The van der Waals surface area contributed by atoms with Gasteiger partial charge in [-0.3, -0.25) is 0 Å². The van der Waals surface area contributed by atoms with E-state index in [2.05, 4.69) is 24.5 Å². The summed E-state index contributed by atoms with van der Waals surface area (Å²) in [5.74, 6) is 4.95. The molecule has 1 heterocycles. The van der Waals surface area contributed by atoms with E-state index in [1.54, 1.807) is 25.7 Å². The third kappa shape index (κ3) is 7.01. The number of nitrogens with one attached hydrogen (secondary N) is 2. The van der Waals surface area contributed by atoms with Crippen LogP contribution in [0.4, 0.5) is 0 Å². The molecule has 3 rings (SSSR count). The lowest BCUT2D eigenvalue weighted by Gasteiger charge is -2.42. The van der Waals surface area contributed by atoms with Crippen molar-refractivity contribution in [3.05, 3.63) is 0 Å². The normalized spacial score (nSPS) is 37.1. The van der Waals surface area contributed by atoms with Crippen LogP contribution in [-0.4, -0.2) is 19.3 Å². The Bertz CT molecular complexity index is 347. The van der Waals surface area contributed by atoms with Crippen molar-refractivity contribution in [1.82, 2.24) is 10.6 Å². The number of hydrogen-bond donors (Lipinski definition) is 2. The lowest BCUT2D eigenvalue weighted by Crippen LogP contribution is -2.56. The Morgan fingerprint density at radius 1 is 0.536 bits per heavy atom. The number of rotatable bonds is 10. The van der Waals surface area contributed by atoms with Crippen LogP contribution < -0.4 is 10.6 Å². The van der Waals surface area contributed by atoms with Gasteiger partial charge in [0.25, 0.3) is 0 Å². The molecule has 0 unspecified atom stereocenters. The summed E-state index contributed by atoms with van der Waals surface area (Å²) in [5, 5.41) is 7.76. The standard InChI is InChI=1S/C26H50N2/c1-3-5-7-9-21-11-13-23(14-12-21)24-15-17-25(18-16-24)26-27-19-22(20-28-26)10-8-6-4-2/h21-28H,3-20H2,1-2H3. The Labute approximate surface area is 176 Å². The molecule has 0 amide bonds. The maximum Gasteiger partial charge on any atom is 0.0600 e. The van der Waals surface area contributed by atoms with E-state index in [9.17, 15) is 0 Å². The second-order valence-electron chi connectivity index (χ2n) is 10.6. The summed E-state index contributed by atoms with van der Waals surface area (Å²) in [7, 11) is 0. The molecule has 0 spiro atoms. The smallest absolute Gasteiger partial charge is 0.0600 e. The maximum atomic E-state index is 3.88. The predicted molar refractivity (Wildman–Crippen MR) is 122 cm³/mol. The fourth-order valence-electron chi connectivity index (χ4n) is 6.53. The van der Waals surface area contributed by atoms with E-state index in [1.807, 2.05) is 0 Å². The second kappa shape index (κ2) is 12.6. The highest BCUT2D eigenvalue weighted by molar-refractivity contribution is 4.88. The molecule has 0 atom stereocenters. The van der Waals surface area contributed by atoms with Gasteiger partial charge in [0.15, 0.2) is 0 Å². The quantitative estimate of drug-likeness (QED) is 0.397. The van der Waals surface area contributed by atoms with Crippen molar-refractivity contribution in [2.45, 2.75) is 123 Å². The van der Waals surface area contributed by atoms with Gasteiger partial charge in [-0.2, -0.15) is 0 Å². The monoisotopic (exact) mass is 390 g/mol. The van der Waals surface area contributed by atoms with E-state index in [1.165, 1.54) is 90.1 Å². The van der Waals surface area contributed by atoms with Crippen LogP contribution in [0.5, 0.6) is 0 Å². The molecule has 0 aromatic carbocycles. The summed E-state index contributed by atoms with van der Waals surface area (Å²) in [6, 6.07) is 0. The minimum atomic E-state index is 0.609. The van der Waals surface area contributed by atoms with Gasteiger partial charge < -0.3 is 10.6 Å². The summed E-state index contributed by atoms with van der Waals surface area (Å²) in [6.07, 6.45) is 24.1. The zero-order valence-corrected chi connectivity index (χ0v) is 19.2. The molecule has 0 radical (unpaired) electrons. The zero-order chi connectivity index (χ0) is 19.6. The molecular formula is C26H50N2. The van der Waals surface area contributed by atoms with Gasteiger partial charge in [0.1, 0.15) is 0 Å². The van der Waals surface area contributed by atoms with Crippen LogP contribution in [0.2, 0.25) is 0 Å². The first-order chi connectivity index (χ1) is 13.8. The van der Waals surface area contributed by atoms with Gasteiger partial charge in [0, 0.05) is 13.1 Å². The van der Waals surface area contributed by atoms with Gasteiger partial charge >= 0.3 is 0 Å². The molecule has 28 heavy (non-hydrogen) atoms. The van der Waals surface area contributed by atoms with E-state index < -0.39 is 0 Å². The Hall–Kier alpha value is -0.0800. The van der Waals surface area contributed by atoms with Gasteiger partial charge in [-0.25, -0.2) is 0 Å². The van der Waals surface area contributed by atoms with Crippen molar-refractivity contribution in [1.29, 1.82) is 0 Å². The number of unbranched alkanes of at least 4 members (excludes halogenated alkanes) is 4. The van der Waals surface area contributed by atoms with Crippen LogP contribution in [0.25, 0.3) is 0 Å². The summed E-state index contributed by atoms with van der Waals surface area (Å²) in [5.41, 5.74) is 0. The Kier molecular flexibility index (Phi) is 10.2. The lowest BCUT2D eigenvalue weighted by molar-refractivity contribution is 0.112. The zero-order valence-electron chi connectivity index (χ0n) is 19.2. The van der Waals surface area contributed by atoms with E-state index >= 15 is 0 Å². The fourth-order valence-corrected chi connectivity index (χ4v) is 6.53. The van der Waals surface area contributed by atoms with Crippen molar-refractivity contribution in [3.63, 3.8) is 0 Å². The van der Waals surface area contributed by atoms with E-state index in [0.717, 1.165) is 29.6 Å². The van der Waals surface area contributed by atoms with Gasteiger partial charge in [-0.15, -0.1) is 0 Å². The van der Waals surface area contributed by atoms with Crippen molar-refractivity contribution in [2.24, 2.45) is 29.6 Å². The SMILES string of the molecule is CCCCCC1CCC(C2CCC(C3NCC(CCCCC)CN3)CC2)CC1. The van der Waals surface area contributed by atoms with Crippen LogP contribution in [0.15, 0.2) is 0 Å². The molecule has 0 bridgehead atoms. The van der Waals surface area contributed by atoms with Crippen LogP contribution in [0.3, 0.4) is 0 Å². The third-order valence-corrected chi connectivity index (χ3v) is 8.53. The summed E-state index contributed by atoms with van der Waals surface area (Å²) < 4.78 is 0. The first kappa shape index (κ1) is 22.6. The molecule has 2 nitrogen and oxygen atoms in total. The molecule has 1 saturated heterocycles. The molecule has 0 aromatic rings. The van der Waals surface area contributed by atoms with E-state index in [4.69, 9.17) is 0 Å². The summed E-state index contributed by atoms with van der Waals surface area (Å²) in [4.78, 5) is 0. The van der Waals surface area contributed by atoms with Gasteiger partial charge in [-0.05, 0) is 74.5 Å². The Morgan fingerprint density at radius 3 is 1.54 bits per heavy atom. The molecule has 3 fully saturated rings.